The molecule has 1 spiro atoms. The first-order chi connectivity index (χ1) is 21.2. The molecule has 0 saturated carbocycles. The summed E-state index contributed by atoms with van der Waals surface area (Å²) in [6.45, 7) is 5.18. The van der Waals surface area contributed by atoms with Gasteiger partial charge in [0.2, 0.25) is 0 Å². The van der Waals surface area contributed by atoms with Gasteiger partial charge in [-0.3, -0.25) is 9.69 Å². The minimum atomic E-state index is -1.44. The van der Waals surface area contributed by atoms with Crippen molar-refractivity contribution in [2.75, 3.05) is 44.2 Å². The van der Waals surface area contributed by atoms with E-state index in [0.29, 0.717) is 61.6 Å². The fourth-order valence-corrected chi connectivity index (χ4v) is 8.52. The van der Waals surface area contributed by atoms with Crippen molar-refractivity contribution >= 4 is 23.3 Å². The number of anilines is 1. The van der Waals surface area contributed by atoms with Gasteiger partial charge in [0.1, 0.15) is 18.6 Å². The van der Waals surface area contributed by atoms with E-state index >= 15 is 4.39 Å². The van der Waals surface area contributed by atoms with Crippen LogP contribution in [0, 0.1) is 11.3 Å². The number of hydrogen-bond acceptors (Lipinski definition) is 7. The second-order valence-corrected chi connectivity index (χ2v) is 13.3. The molecule has 7 rings (SSSR count). The number of piperazine rings is 1. The van der Waals surface area contributed by atoms with Crippen LogP contribution < -0.4 is 9.64 Å². The van der Waals surface area contributed by atoms with Gasteiger partial charge in [-0.2, -0.15) is 15.2 Å². The first-order valence-corrected chi connectivity index (χ1v) is 15.7. The Hall–Kier alpha value is -3.36. The summed E-state index contributed by atoms with van der Waals surface area (Å²) in [6.07, 6.45) is 1.17. The fraction of sp³-hybridized carbons (Fsp3) is 0.562. The number of carbonyl (C=O) groups excluding carboxylic acids is 1. The van der Waals surface area contributed by atoms with Gasteiger partial charge in [0.25, 0.3) is 5.91 Å². The number of nitriles is 1. The molecule has 0 N–H and O–H groups in total. The highest BCUT2D eigenvalue weighted by Gasteiger charge is 2.54. The first-order valence-electron chi connectivity index (χ1n) is 15.3. The molecule has 0 bridgehead atoms. The molecule has 232 valence electrons. The van der Waals surface area contributed by atoms with Gasteiger partial charge in [-0.05, 0) is 49.3 Å². The summed E-state index contributed by atoms with van der Waals surface area (Å²) in [7, 11) is 0. The molecule has 2 aliphatic carbocycles. The van der Waals surface area contributed by atoms with Crippen LogP contribution in [0.4, 0.5) is 19.0 Å². The minimum absolute atomic E-state index is 0.0126. The van der Waals surface area contributed by atoms with Gasteiger partial charge in [0.15, 0.2) is 12.0 Å². The van der Waals surface area contributed by atoms with Crippen LogP contribution >= 0.6 is 11.6 Å². The zero-order valence-electron chi connectivity index (χ0n) is 24.4. The number of rotatable bonds is 6. The molecule has 2 aromatic rings. The van der Waals surface area contributed by atoms with E-state index < -0.39 is 41.1 Å². The molecular weight excluding hydrogens is 593 g/mol. The number of ether oxygens (including phenoxy) is 1. The predicted octanol–water partition coefficient (Wildman–Crippen LogP) is 4.95. The minimum Gasteiger partial charge on any atom is -0.461 e. The Morgan fingerprint density at radius 2 is 1.93 bits per heavy atom. The number of alkyl halides is 2. The van der Waals surface area contributed by atoms with Crippen LogP contribution in [-0.2, 0) is 23.1 Å². The van der Waals surface area contributed by atoms with E-state index in [1.54, 1.807) is 0 Å². The fourth-order valence-electron chi connectivity index (χ4n) is 8.26. The summed E-state index contributed by atoms with van der Waals surface area (Å²) < 4.78 is 51.4. The quantitative estimate of drug-likeness (QED) is 0.420. The van der Waals surface area contributed by atoms with Crippen LogP contribution in [0.1, 0.15) is 60.7 Å². The average Bonchev–Trinajstić information content (AvgIpc) is 3.49. The third-order valence-corrected chi connectivity index (χ3v) is 11.0. The summed E-state index contributed by atoms with van der Waals surface area (Å²) in [5.41, 5.74) is 1.66. The Kier molecular flexibility index (Phi) is 7.28. The van der Waals surface area contributed by atoms with Gasteiger partial charge in [0.05, 0.1) is 29.8 Å². The molecule has 1 unspecified atom stereocenters. The maximum atomic E-state index is 17.1. The van der Waals surface area contributed by atoms with E-state index in [9.17, 15) is 18.8 Å². The number of carbonyl (C=O) groups is 1. The Labute approximate surface area is 259 Å². The van der Waals surface area contributed by atoms with Gasteiger partial charge in [0, 0.05) is 55.1 Å². The lowest BCUT2D eigenvalue weighted by molar-refractivity contribution is -0.131. The molecule has 4 heterocycles. The van der Waals surface area contributed by atoms with E-state index in [1.807, 2.05) is 23.1 Å². The van der Waals surface area contributed by atoms with Gasteiger partial charge >= 0.3 is 6.01 Å². The Morgan fingerprint density at radius 1 is 1.14 bits per heavy atom. The molecule has 1 aromatic carbocycles. The van der Waals surface area contributed by atoms with E-state index in [4.69, 9.17) is 21.3 Å². The van der Waals surface area contributed by atoms with Gasteiger partial charge in [-0.15, -0.1) is 0 Å². The Balaban J connectivity index is 1.25. The van der Waals surface area contributed by atoms with E-state index in [2.05, 4.69) is 22.5 Å². The van der Waals surface area contributed by atoms with Crippen LogP contribution in [-0.4, -0.2) is 82.8 Å². The molecule has 5 atom stereocenters. The number of halogens is 4. The average molecular weight is 627 g/mol. The molecule has 1 amide bonds. The molecule has 3 aliphatic heterocycles. The van der Waals surface area contributed by atoms with Crippen LogP contribution in [0.15, 0.2) is 30.6 Å². The van der Waals surface area contributed by atoms with Gasteiger partial charge < -0.3 is 14.5 Å². The number of amides is 1. The Morgan fingerprint density at radius 3 is 2.64 bits per heavy atom. The molecule has 3 saturated heterocycles. The van der Waals surface area contributed by atoms with E-state index in [1.165, 1.54) is 4.90 Å². The zero-order valence-corrected chi connectivity index (χ0v) is 25.1. The summed E-state index contributed by atoms with van der Waals surface area (Å²) in [5, 5.41) is 10.1. The molecule has 44 heavy (non-hydrogen) atoms. The number of nitrogens with zero attached hydrogens (tertiary/aromatic N) is 6. The monoisotopic (exact) mass is 626 g/mol. The first kappa shape index (κ1) is 29.4. The maximum absolute atomic E-state index is 17.1. The standard InChI is InChI=1S/C32H34ClF3N6O2/c1-19(34)29(43)42-14-13-40(17-21(42)7-11-37)28-23-6-9-32(8-5-22-24(32)3-2-4-25(22)33)27(36)26(23)38-30(39-28)44-18-31-10-12-41(31)16-20(35)15-31/h2-4,20-21,27H,1,5-10,12-18H2/t20-,21+,27+,31?,32-/m1/s1. The number of fused-ring (bicyclic) bond motifs is 4. The van der Waals surface area contributed by atoms with Crippen LogP contribution in [0.2, 0.25) is 5.02 Å². The lowest BCUT2D eigenvalue weighted by atomic mass is 9.68. The summed E-state index contributed by atoms with van der Waals surface area (Å²) in [5.74, 6) is -1.42. The van der Waals surface area contributed by atoms with Crippen molar-refractivity contribution in [1.29, 1.82) is 5.26 Å². The number of benzene rings is 1. The second-order valence-electron chi connectivity index (χ2n) is 12.9. The highest BCUT2D eigenvalue weighted by Crippen LogP contribution is 2.57. The van der Waals surface area contributed by atoms with Crippen molar-refractivity contribution in [1.82, 2.24) is 19.8 Å². The topological polar surface area (TPSA) is 85.6 Å². The molecule has 8 nitrogen and oxygen atoms in total. The SMILES string of the molecule is C=C(F)C(=O)N1CCN(c2nc(OCC34CCN3C[C@H](F)C4)nc3c2CC[C@@]2(CCc4c(Cl)cccc42)[C@H]3F)C[C@@H]1CC#N. The number of hydrogen-bond donors (Lipinski definition) is 0. The Bertz CT molecular complexity index is 1570. The molecule has 5 aliphatic rings. The lowest BCUT2D eigenvalue weighted by Gasteiger charge is -2.47. The van der Waals surface area contributed by atoms with Crippen molar-refractivity contribution in [3.63, 3.8) is 0 Å². The zero-order chi connectivity index (χ0) is 30.8. The van der Waals surface area contributed by atoms with Crippen molar-refractivity contribution < 1.29 is 22.7 Å². The third-order valence-electron chi connectivity index (χ3n) is 10.6. The van der Waals surface area contributed by atoms with Crippen LogP contribution in [0.25, 0.3) is 0 Å². The van der Waals surface area contributed by atoms with Crippen molar-refractivity contribution in [3.05, 3.63) is 58.0 Å². The van der Waals surface area contributed by atoms with Crippen molar-refractivity contribution in [2.24, 2.45) is 0 Å². The lowest BCUT2D eigenvalue weighted by Crippen LogP contribution is -2.59. The van der Waals surface area contributed by atoms with Gasteiger partial charge in [-0.25, -0.2) is 13.2 Å². The summed E-state index contributed by atoms with van der Waals surface area (Å²) >= 11 is 6.52. The summed E-state index contributed by atoms with van der Waals surface area (Å²) in [4.78, 5) is 27.3. The highest BCUT2D eigenvalue weighted by atomic mass is 35.5. The third kappa shape index (κ3) is 4.55. The maximum Gasteiger partial charge on any atom is 0.318 e. The normalized spacial score (nSPS) is 30.8. The van der Waals surface area contributed by atoms with Crippen molar-refractivity contribution in [3.8, 4) is 12.1 Å². The molecular formula is C32H34ClF3N6O2. The largest absolute Gasteiger partial charge is 0.461 e. The summed E-state index contributed by atoms with van der Waals surface area (Å²) in [6, 6.07) is 7.18. The molecule has 3 fully saturated rings. The smallest absolute Gasteiger partial charge is 0.318 e. The van der Waals surface area contributed by atoms with Gasteiger partial charge in [-0.1, -0.05) is 30.3 Å². The molecule has 12 heteroatoms. The van der Waals surface area contributed by atoms with E-state index in [-0.39, 0.29) is 37.8 Å². The van der Waals surface area contributed by atoms with E-state index in [0.717, 1.165) is 24.1 Å². The number of aromatic nitrogens is 2. The second kappa shape index (κ2) is 10.9. The highest BCUT2D eigenvalue weighted by molar-refractivity contribution is 6.31. The molecule has 0 radical (unpaired) electrons. The van der Waals surface area contributed by atoms with Crippen LogP contribution in [0.3, 0.4) is 0 Å². The van der Waals surface area contributed by atoms with Crippen LogP contribution in [0.5, 0.6) is 6.01 Å². The molecule has 1 aromatic heterocycles. The van der Waals surface area contributed by atoms with Crippen molar-refractivity contribution in [2.45, 2.75) is 74.3 Å². The predicted molar refractivity (Wildman–Crippen MR) is 158 cm³/mol.